The van der Waals surface area contributed by atoms with Gasteiger partial charge in [0.1, 0.15) is 17.1 Å². The summed E-state index contributed by atoms with van der Waals surface area (Å²) in [5.74, 6) is 0. The predicted molar refractivity (Wildman–Crippen MR) is 247 cm³/mol. The van der Waals surface area contributed by atoms with Crippen molar-refractivity contribution in [1.82, 2.24) is 0 Å². The van der Waals surface area contributed by atoms with E-state index in [0.29, 0.717) is 0 Å². The molecule has 11 rings (SSSR count). The Labute approximate surface area is 339 Å². The smallest absolute Gasteiger partial charge is 0.149 e. The summed E-state index contributed by atoms with van der Waals surface area (Å²) < 4.78 is 1.05. The first-order valence-corrected chi connectivity index (χ1v) is 20.2. The molecule has 57 heavy (non-hydrogen) atoms. The van der Waals surface area contributed by atoms with Crippen LogP contribution in [0.15, 0.2) is 217 Å². The van der Waals surface area contributed by atoms with Gasteiger partial charge in [-0.3, -0.25) is 0 Å². The van der Waals surface area contributed by atoms with Gasteiger partial charge in [-0.25, -0.2) is 4.90 Å². The van der Waals surface area contributed by atoms with Crippen LogP contribution in [0.25, 0.3) is 64.6 Å². The lowest BCUT2D eigenvalue weighted by Crippen LogP contribution is -2.96. The summed E-state index contributed by atoms with van der Waals surface area (Å²) in [5, 5.41) is 14.9. The van der Waals surface area contributed by atoms with E-state index in [0.717, 1.165) is 21.5 Å². The molecule has 268 valence electrons. The first-order chi connectivity index (χ1) is 28.2. The van der Waals surface area contributed by atoms with E-state index in [1.165, 1.54) is 86.6 Å². The quantitative estimate of drug-likeness (QED) is 0.165. The molecule has 0 radical (unpaired) electrons. The highest BCUT2D eigenvalue weighted by Gasteiger charge is 2.27. The number of nitrogens with zero attached hydrogens (tertiary/aromatic N) is 1. The average molecular weight is 793 g/mol. The number of fused-ring (bicyclic) bond motifs is 9. The summed E-state index contributed by atoms with van der Waals surface area (Å²) in [7, 11) is 0. The molecule has 0 heterocycles. The Hall–Kier alpha value is -6.78. The summed E-state index contributed by atoms with van der Waals surface area (Å²) in [6.45, 7) is 0. The van der Waals surface area contributed by atoms with Crippen molar-refractivity contribution in [2.24, 2.45) is 0 Å². The van der Waals surface area contributed by atoms with E-state index in [1.807, 2.05) is 0 Å². The lowest BCUT2D eigenvalue weighted by atomic mass is 9.96. The van der Waals surface area contributed by atoms with Gasteiger partial charge < -0.3 is 4.90 Å². The minimum atomic E-state index is 1.05. The van der Waals surface area contributed by atoms with Crippen LogP contribution in [-0.2, 0) is 0 Å². The number of anilines is 3. The van der Waals surface area contributed by atoms with E-state index in [4.69, 9.17) is 0 Å². The van der Waals surface area contributed by atoms with Crippen LogP contribution in [0.1, 0.15) is 0 Å². The Bertz CT molecular complexity index is 3200. The summed E-state index contributed by atoms with van der Waals surface area (Å²) in [6, 6.07) is 77.9. The molecule has 11 aromatic rings. The van der Waals surface area contributed by atoms with Gasteiger partial charge in [-0.2, -0.15) is 0 Å². The van der Waals surface area contributed by atoms with Crippen LogP contribution in [0.5, 0.6) is 0 Å². The molecule has 0 aliphatic carbocycles. The van der Waals surface area contributed by atoms with Crippen molar-refractivity contribution in [1.29, 1.82) is 0 Å². The number of benzene rings is 11. The Kier molecular flexibility index (Phi) is 8.10. The number of quaternary nitrogens is 1. The van der Waals surface area contributed by atoms with Gasteiger partial charge in [0.05, 0.1) is 5.69 Å². The van der Waals surface area contributed by atoms with Crippen LogP contribution in [0.4, 0.5) is 34.1 Å². The highest BCUT2D eigenvalue weighted by molar-refractivity contribution is 9.10. The van der Waals surface area contributed by atoms with Crippen LogP contribution in [0, 0.1) is 0 Å². The van der Waals surface area contributed by atoms with E-state index < -0.39 is 0 Å². The molecule has 0 amide bonds. The summed E-state index contributed by atoms with van der Waals surface area (Å²) in [5.41, 5.74) is 6.94. The van der Waals surface area contributed by atoms with Crippen molar-refractivity contribution in [2.75, 3.05) is 4.90 Å². The molecule has 0 saturated carbocycles. The van der Waals surface area contributed by atoms with Crippen molar-refractivity contribution >= 4 is 115 Å². The third-order valence-corrected chi connectivity index (χ3v) is 12.1. The predicted octanol–water partition coefficient (Wildman–Crippen LogP) is 15.0. The van der Waals surface area contributed by atoms with Gasteiger partial charge in [0.25, 0.3) is 0 Å². The lowest BCUT2D eigenvalue weighted by Gasteiger charge is -2.28. The third kappa shape index (κ3) is 5.66. The second kappa shape index (κ2) is 13.8. The van der Waals surface area contributed by atoms with Crippen LogP contribution < -0.4 is 9.80 Å². The molecule has 0 unspecified atom stereocenters. The van der Waals surface area contributed by atoms with Crippen LogP contribution >= 0.6 is 15.9 Å². The first kappa shape index (κ1) is 33.5. The molecule has 1 N–H and O–H groups in total. The zero-order valence-corrected chi connectivity index (χ0v) is 32.6. The molecule has 0 bridgehead atoms. The normalized spacial score (nSPS) is 11.8. The molecule has 0 saturated heterocycles. The van der Waals surface area contributed by atoms with Crippen LogP contribution in [0.3, 0.4) is 0 Å². The molecule has 0 aromatic heterocycles. The van der Waals surface area contributed by atoms with Crippen molar-refractivity contribution in [2.45, 2.75) is 0 Å². The molecular weight excluding hydrogens is 757 g/mol. The van der Waals surface area contributed by atoms with Crippen molar-refractivity contribution in [3.63, 3.8) is 0 Å². The van der Waals surface area contributed by atoms with E-state index in [2.05, 4.69) is 233 Å². The van der Waals surface area contributed by atoms with Crippen LogP contribution in [-0.4, -0.2) is 0 Å². The maximum Gasteiger partial charge on any atom is 0.149 e. The van der Waals surface area contributed by atoms with E-state index in [1.54, 1.807) is 0 Å². The van der Waals surface area contributed by atoms with E-state index >= 15 is 0 Å². The van der Waals surface area contributed by atoms with Crippen LogP contribution in [0.2, 0.25) is 0 Å². The third-order valence-electron chi connectivity index (χ3n) is 11.6. The lowest BCUT2D eigenvalue weighted by molar-refractivity contribution is -0.678. The van der Waals surface area contributed by atoms with Gasteiger partial charge in [-0.05, 0) is 103 Å². The zero-order valence-electron chi connectivity index (χ0n) is 31.0. The number of hydrogen-bond acceptors (Lipinski definition) is 1. The fourth-order valence-electron chi connectivity index (χ4n) is 8.99. The summed E-state index contributed by atoms with van der Waals surface area (Å²) in [6.07, 6.45) is 0. The second-order valence-corrected chi connectivity index (χ2v) is 15.7. The Morgan fingerprint density at radius 2 is 0.667 bits per heavy atom. The molecule has 0 fully saturated rings. The molecule has 0 aliphatic heterocycles. The fourth-order valence-corrected chi connectivity index (χ4v) is 9.26. The summed E-state index contributed by atoms with van der Waals surface area (Å²) in [4.78, 5) is 3.62. The number of hydrogen-bond donors (Lipinski definition) is 1. The van der Waals surface area contributed by atoms with Crippen molar-refractivity contribution in [3.05, 3.63) is 217 Å². The number of halogens is 1. The molecule has 0 spiro atoms. The Balaban J connectivity index is 1.17. The van der Waals surface area contributed by atoms with Gasteiger partial charge in [-0.15, -0.1) is 0 Å². The summed E-state index contributed by atoms with van der Waals surface area (Å²) >= 11 is 3.69. The molecule has 3 heteroatoms. The molecule has 11 aromatic carbocycles. The minimum Gasteiger partial charge on any atom is -0.310 e. The minimum absolute atomic E-state index is 1.05. The Morgan fingerprint density at radius 3 is 1.14 bits per heavy atom. The first-order valence-electron chi connectivity index (χ1n) is 19.4. The second-order valence-electron chi connectivity index (χ2n) is 14.8. The number of rotatable bonds is 6. The van der Waals surface area contributed by atoms with Gasteiger partial charge in [0, 0.05) is 56.3 Å². The zero-order chi connectivity index (χ0) is 37.9. The Morgan fingerprint density at radius 1 is 0.316 bits per heavy atom. The van der Waals surface area contributed by atoms with Gasteiger partial charge in [0.2, 0.25) is 0 Å². The monoisotopic (exact) mass is 791 g/mol. The molecule has 0 atom stereocenters. The molecule has 0 aliphatic rings. The molecular formula is C54H36BrN2+. The molecule has 2 nitrogen and oxygen atoms in total. The van der Waals surface area contributed by atoms with Gasteiger partial charge in [-0.1, -0.05) is 149 Å². The highest BCUT2D eigenvalue weighted by atomic mass is 79.9. The largest absolute Gasteiger partial charge is 0.310 e. The SMILES string of the molecule is Brc1ccc(N(c2ccc([NH+](c3cc4ccccc4c4ccccc34)c3cc4ccccc4c4ccccc34)cc2)c2cc3ccccc3c3ccccc23)cc1. The van der Waals surface area contributed by atoms with Crippen molar-refractivity contribution in [3.8, 4) is 0 Å². The maximum atomic E-state index is 3.69. The topological polar surface area (TPSA) is 7.68 Å². The van der Waals surface area contributed by atoms with Gasteiger partial charge >= 0.3 is 0 Å². The average Bonchev–Trinajstić information content (AvgIpc) is 3.28. The number of nitrogens with one attached hydrogen (secondary N) is 1. The maximum absolute atomic E-state index is 3.69. The van der Waals surface area contributed by atoms with Gasteiger partial charge in [0.15, 0.2) is 0 Å². The standard InChI is InChI=1S/C54H35BrN2/c55-39-25-27-40(28-26-39)56(52-33-36-13-1-4-16-43(36)46-19-7-10-22-49(46)52)41-29-31-42(32-30-41)57(53-34-37-14-2-5-17-44(37)47-20-8-11-23-50(47)53)54-35-38-15-3-6-18-45(38)48-21-9-12-24-51(48)54/h1-35H/p+1. The van der Waals surface area contributed by atoms with E-state index in [-0.39, 0.29) is 0 Å². The fraction of sp³-hybridized carbons (Fsp3) is 0. The highest BCUT2D eigenvalue weighted by Crippen LogP contribution is 2.43. The van der Waals surface area contributed by atoms with Crippen molar-refractivity contribution < 1.29 is 4.90 Å². The van der Waals surface area contributed by atoms with E-state index in [9.17, 15) is 0 Å².